The first-order chi connectivity index (χ1) is 8.77. The first-order valence-corrected chi connectivity index (χ1v) is 7.56. The monoisotopic (exact) mass is 285 g/mol. The Bertz CT molecular complexity index is 373. The van der Waals surface area contributed by atoms with Gasteiger partial charge in [-0.15, -0.1) is 0 Å². The van der Waals surface area contributed by atoms with Gasteiger partial charge >= 0.3 is 0 Å². The van der Waals surface area contributed by atoms with E-state index in [1.165, 1.54) is 0 Å². The maximum Gasteiger partial charge on any atom is 0.0834 e. The van der Waals surface area contributed by atoms with Gasteiger partial charge in [-0.05, 0) is 30.7 Å². The quantitative estimate of drug-likeness (QED) is 0.849. The molecule has 110 valence electrons. The molecule has 0 aliphatic rings. The van der Waals surface area contributed by atoms with E-state index in [0.717, 1.165) is 30.1 Å². The van der Waals surface area contributed by atoms with E-state index in [9.17, 15) is 0 Å². The second kappa shape index (κ2) is 6.76. The van der Waals surface area contributed by atoms with Crippen molar-refractivity contribution in [3.8, 4) is 0 Å². The highest BCUT2D eigenvalue weighted by Crippen LogP contribution is 2.35. The zero-order valence-corrected chi connectivity index (χ0v) is 13.9. The van der Waals surface area contributed by atoms with Gasteiger partial charge in [0, 0.05) is 7.05 Å². The number of rotatable bonds is 6. The largest absolute Gasteiger partial charge is 0.309 e. The zero-order chi connectivity index (χ0) is 14.6. The van der Waals surface area contributed by atoms with Crippen molar-refractivity contribution in [1.29, 1.82) is 0 Å². The summed E-state index contributed by atoms with van der Waals surface area (Å²) in [4.78, 5) is 0. The molecule has 2 unspecified atom stereocenters. The van der Waals surface area contributed by atoms with Crippen molar-refractivity contribution >= 4 is 11.6 Å². The number of nitrogens with zero attached hydrogens (tertiary/aromatic N) is 2. The lowest BCUT2D eigenvalue weighted by molar-refractivity contribution is 0.220. The molecule has 0 aliphatic carbocycles. The molecule has 2 atom stereocenters. The van der Waals surface area contributed by atoms with Crippen LogP contribution in [-0.2, 0) is 7.05 Å². The van der Waals surface area contributed by atoms with Crippen LogP contribution in [0.1, 0.15) is 59.2 Å². The second-order valence-electron chi connectivity index (χ2n) is 6.51. The minimum atomic E-state index is 0.272. The fourth-order valence-corrected chi connectivity index (χ4v) is 2.43. The Morgan fingerprint density at radius 3 is 2.47 bits per heavy atom. The summed E-state index contributed by atoms with van der Waals surface area (Å²) in [5, 5.41) is 8.63. The van der Waals surface area contributed by atoms with Crippen molar-refractivity contribution in [2.75, 3.05) is 6.54 Å². The van der Waals surface area contributed by atoms with Crippen molar-refractivity contribution < 1.29 is 0 Å². The summed E-state index contributed by atoms with van der Waals surface area (Å²) in [6.07, 6.45) is 3.93. The third-order valence-electron chi connectivity index (χ3n) is 3.98. The maximum absolute atomic E-state index is 6.29. The normalized spacial score (nSPS) is 15.5. The third kappa shape index (κ3) is 4.50. The number of hydrogen-bond donors (Lipinski definition) is 1. The van der Waals surface area contributed by atoms with Gasteiger partial charge in [0.2, 0.25) is 0 Å². The van der Waals surface area contributed by atoms with Crippen LogP contribution in [0.15, 0.2) is 6.20 Å². The van der Waals surface area contributed by atoms with Gasteiger partial charge < -0.3 is 5.32 Å². The Morgan fingerprint density at radius 2 is 2.05 bits per heavy atom. The Kier molecular flexibility index (Phi) is 5.87. The molecule has 0 aromatic carbocycles. The van der Waals surface area contributed by atoms with Gasteiger partial charge in [0.15, 0.2) is 0 Å². The van der Waals surface area contributed by atoms with Gasteiger partial charge in [-0.1, -0.05) is 46.2 Å². The average molecular weight is 286 g/mol. The zero-order valence-electron chi connectivity index (χ0n) is 13.1. The number of nitrogens with one attached hydrogen (secondary N) is 1. The van der Waals surface area contributed by atoms with Crippen LogP contribution in [0.4, 0.5) is 0 Å². The van der Waals surface area contributed by atoms with Gasteiger partial charge in [-0.25, -0.2) is 0 Å². The molecule has 0 spiro atoms. The Labute approximate surface area is 122 Å². The molecule has 0 bridgehead atoms. The third-order valence-corrected chi connectivity index (χ3v) is 4.27. The molecule has 1 rings (SSSR count). The Morgan fingerprint density at radius 1 is 1.42 bits per heavy atom. The second-order valence-corrected chi connectivity index (χ2v) is 6.92. The van der Waals surface area contributed by atoms with Crippen LogP contribution in [0.3, 0.4) is 0 Å². The van der Waals surface area contributed by atoms with E-state index in [1.807, 2.05) is 11.7 Å². The molecule has 1 aromatic rings. The molecular weight excluding hydrogens is 258 g/mol. The van der Waals surface area contributed by atoms with E-state index in [0.29, 0.717) is 11.3 Å². The van der Waals surface area contributed by atoms with Crippen molar-refractivity contribution in [3.63, 3.8) is 0 Å². The summed E-state index contributed by atoms with van der Waals surface area (Å²) in [5.74, 6) is 0.604. The van der Waals surface area contributed by atoms with E-state index in [-0.39, 0.29) is 6.04 Å². The first kappa shape index (κ1) is 16.5. The Balaban J connectivity index is 2.90. The lowest BCUT2D eigenvalue weighted by Gasteiger charge is -2.31. The van der Waals surface area contributed by atoms with Crippen molar-refractivity contribution in [2.45, 2.75) is 53.5 Å². The molecule has 0 radical (unpaired) electrons. The van der Waals surface area contributed by atoms with Crippen LogP contribution in [0.2, 0.25) is 5.02 Å². The predicted octanol–water partition coefficient (Wildman–Crippen LogP) is 4.19. The number of aryl methyl sites for hydroxylation is 1. The van der Waals surface area contributed by atoms with Crippen LogP contribution in [-0.4, -0.2) is 16.3 Å². The highest BCUT2D eigenvalue weighted by Gasteiger charge is 2.26. The first-order valence-electron chi connectivity index (χ1n) is 7.18. The molecule has 1 aromatic heterocycles. The lowest BCUT2D eigenvalue weighted by atomic mass is 9.78. The van der Waals surface area contributed by atoms with Crippen LogP contribution in [0, 0.1) is 11.3 Å². The van der Waals surface area contributed by atoms with Gasteiger partial charge in [-0.2, -0.15) is 5.10 Å². The summed E-state index contributed by atoms with van der Waals surface area (Å²) < 4.78 is 1.89. The van der Waals surface area contributed by atoms with Gasteiger partial charge in [-0.3, -0.25) is 4.68 Å². The molecule has 0 fully saturated rings. The molecule has 0 amide bonds. The standard InChI is InChI=1S/C15H28ClN3/c1-7-8-17-13(9-11(2)15(3,4)5)14-12(16)10-18-19(14)6/h10-11,13,17H,7-9H2,1-6H3. The van der Waals surface area contributed by atoms with Crippen molar-refractivity contribution in [2.24, 2.45) is 18.4 Å². The minimum absolute atomic E-state index is 0.272. The van der Waals surface area contributed by atoms with Gasteiger partial charge in [0.1, 0.15) is 0 Å². The fourth-order valence-electron chi connectivity index (χ4n) is 2.13. The molecule has 1 heterocycles. The van der Waals surface area contributed by atoms with Crippen LogP contribution < -0.4 is 5.32 Å². The fraction of sp³-hybridized carbons (Fsp3) is 0.800. The van der Waals surface area contributed by atoms with Crippen LogP contribution >= 0.6 is 11.6 Å². The Hall–Kier alpha value is -0.540. The van der Waals surface area contributed by atoms with Gasteiger partial charge in [0.05, 0.1) is 23.0 Å². The molecular formula is C15H28ClN3. The number of aromatic nitrogens is 2. The minimum Gasteiger partial charge on any atom is -0.309 e. The molecule has 19 heavy (non-hydrogen) atoms. The van der Waals surface area contributed by atoms with E-state index in [1.54, 1.807) is 6.20 Å². The van der Waals surface area contributed by atoms with Crippen LogP contribution in [0.5, 0.6) is 0 Å². The number of halogens is 1. The molecule has 0 saturated carbocycles. The molecule has 4 heteroatoms. The van der Waals surface area contributed by atoms with E-state index in [2.05, 4.69) is 45.0 Å². The molecule has 0 aliphatic heterocycles. The highest BCUT2D eigenvalue weighted by molar-refractivity contribution is 6.31. The summed E-state index contributed by atoms with van der Waals surface area (Å²) >= 11 is 6.29. The van der Waals surface area contributed by atoms with E-state index >= 15 is 0 Å². The van der Waals surface area contributed by atoms with Crippen molar-refractivity contribution in [3.05, 3.63) is 16.9 Å². The van der Waals surface area contributed by atoms with Crippen LogP contribution in [0.25, 0.3) is 0 Å². The van der Waals surface area contributed by atoms with E-state index < -0.39 is 0 Å². The number of hydrogen-bond acceptors (Lipinski definition) is 2. The lowest BCUT2D eigenvalue weighted by Crippen LogP contribution is -2.29. The van der Waals surface area contributed by atoms with Gasteiger partial charge in [0.25, 0.3) is 0 Å². The summed E-state index contributed by atoms with van der Waals surface area (Å²) in [5.41, 5.74) is 1.41. The molecule has 0 saturated heterocycles. The summed E-state index contributed by atoms with van der Waals surface area (Å²) in [6.45, 7) is 12.4. The van der Waals surface area contributed by atoms with Crippen molar-refractivity contribution in [1.82, 2.24) is 15.1 Å². The SMILES string of the molecule is CCCNC(CC(C)C(C)(C)C)c1c(Cl)cnn1C. The average Bonchev–Trinajstić information content (AvgIpc) is 2.63. The predicted molar refractivity (Wildman–Crippen MR) is 82.5 cm³/mol. The summed E-state index contributed by atoms with van der Waals surface area (Å²) in [7, 11) is 1.96. The summed E-state index contributed by atoms with van der Waals surface area (Å²) in [6, 6.07) is 0.272. The molecule has 1 N–H and O–H groups in total. The van der Waals surface area contributed by atoms with E-state index in [4.69, 9.17) is 11.6 Å². The maximum atomic E-state index is 6.29. The topological polar surface area (TPSA) is 29.9 Å². The smallest absolute Gasteiger partial charge is 0.0834 e. The highest BCUT2D eigenvalue weighted by atomic mass is 35.5. The molecule has 3 nitrogen and oxygen atoms in total.